The first-order valence-electron chi connectivity index (χ1n) is 7.31. The molecule has 1 aromatic heterocycles. The number of phenols is 1. The summed E-state index contributed by atoms with van der Waals surface area (Å²) in [6, 6.07) is 8.13. The lowest BCUT2D eigenvalue weighted by Crippen LogP contribution is -2.33. The standard InChI is InChI=1S/C16H17N3O3/c20-16-7-6-13(19(21)22)10-15(16)18-9-2-1-5-14(18)12-4-3-8-17-11-12/h3-4,6-8,10-11,14,20H,1-2,5,9H2. The molecular weight excluding hydrogens is 282 g/mol. The molecule has 3 rings (SSSR count). The van der Waals surface area contributed by atoms with E-state index in [1.165, 1.54) is 18.2 Å². The molecule has 6 heteroatoms. The van der Waals surface area contributed by atoms with Gasteiger partial charge in [0.05, 0.1) is 16.7 Å². The summed E-state index contributed by atoms with van der Waals surface area (Å²) in [6.45, 7) is 0.758. The Hall–Kier alpha value is -2.63. The number of aromatic hydroxyl groups is 1. The molecule has 0 radical (unpaired) electrons. The fourth-order valence-electron chi connectivity index (χ4n) is 2.99. The first kappa shape index (κ1) is 14.3. The molecule has 1 aliphatic rings. The van der Waals surface area contributed by atoms with Crippen LogP contribution >= 0.6 is 0 Å². The second-order valence-corrected chi connectivity index (χ2v) is 5.42. The summed E-state index contributed by atoms with van der Waals surface area (Å²) in [6.07, 6.45) is 6.57. The summed E-state index contributed by atoms with van der Waals surface area (Å²) in [5.74, 6) is 0.0707. The number of aromatic nitrogens is 1. The summed E-state index contributed by atoms with van der Waals surface area (Å²) in [4.78, 5) is 16.8. The molecule has 0 aliphatic carbocycles. The number of nitro benzene ring substituents is 1. The van der Waals surface area contributed by atoms with Crippen molar-refractivity contribution in [2.24, 2.45) is 0 Å². The number of phenolic OH excluding ortho intramolecular Hbond substituents is 1. The summed E-state index contributed by atoms with van der Waals surface area (Å²) >= 11 is 0. The minimum Gasteiger partial charge on any atom is -0.506 e. The molecule has 114 valence electrons. The van der Waals surface area contributed by atoms with Crippen molar-refractivity contribution in [1.29, 1.82) is 0 Å². The monoisotopic (exact) mass is 299 g/mol. The van der Waals surface area contributed by atoms with Crippen LogP contribution in [0, 0.1) is 10.1 Å². The Labute approximate surface area is 128 Å². The van der Waals surface area contributed by atoms with E-state index in [0.717, 1.165) is 31.4 Å². The van der Waals surface area contributed by atoms with E-state index < -0.39 is 4.92 Å². The highest BCUT2D eigenvalue weighted by atomic mass is 16.6. The van der Waals surface area contributed by atoms with Crippen LogP contribution in [-0.4, -0.2) is 21.6 Å². The van der Waals surface area contributed by atoms with Gasteiger partial charge in [0, 0.05) is 31.1 Å². The highest BCUT2D eigenvalue weighted by molar-refractivity contribution is 5.63. The summed E-state index contributed by atoms with van der Waals surface area (Å²) in [5, 5.41) is 21.1. The average molecular weight is 299 g/mol. The average Bonchev–Trinajstić information content (AvgIpc) is 2.56. The summed E-state index contributed by atoms with van der Waals surface area (Å²) < 4.78 is 0. The number of non-ortho nitro benzene ring substituents is 1. The van der Waals surface area contributed by atoms with Gasteiger partial charge in [-0.1, -0.05) is 6.07 Å². The number of benzene rings is 1. The quantitative estimate of drug-likeness (QED) is 0.694. The van der Waals surface area contributed by atoms with Crippen molar-refractivity contribution in [2.75, 3.05) is 11.4 Å². The Morgan fingerprint density at radius 1 is 1.32 bits per heavy atom. The van der Waals surface area contributed by atoms with Gasteiger partial charge in [-0.15, -0.1) is 0 Å². The topological polar surface area (TPSA) is 79.5 Å². The smallest absolute Gasteiger partial charge is 0.271 e. The third-order valence-electron chi connectivity index (χ3n) is 4.05. The lowest BCUT2D eigenvalue weighted by Gasteiger charge is -2.37. The molecule has 0 bridgehead atoms. The number of nitro groups is 1. The van der Waals surface area contributed by atoms with E-state index in [2.05, 4.69) is 4.98 Å². The number of pyridine rings is 1. The van der Waals surface area contributed by atoms with E-state index in [0.29, 0.717) is 5.69 Å². The van der Waals surface area contributed by atoms with Crippen LogP contribution in [-0.2, 0) is 0 Å². The zero-order valence-corrected chi connectivity index (χ0v) is 12.1. The largest absolute Gasteiger partial charge is 0.506 e. The molecule has 1 saturated heterocycles. The number of nitrogens with zero attached hydrogens (tertiary/aromatic N) is 3. The molecule has 1 unspecified atom stereocenters. The van der Waals surface area contributed by atoms with Crippen molar-refractivity contribution in [1.82, 2.24) is 4.98 Å². The lowest BCUT2D eigenvalue weighted by molar-refractivity contribution is -0.384. The van der Waals surface area contributed by atoms with Gasteiger partial charge in [0.15, 0.2) is 0 Å². The zero-order chi connectivity index (χ0) is 15.5. The predicted molar refractivity (Wildman–Crippen MR) is 82.9 cm³/mol. The van der Waals surface area contributed by atoms with Crippen molar-refractivity contribution in [2.45, 2.75) is 25.3 Å². The van der Waals surface area contributed by atoms with Crippen molar-refractivity contribution in [3.05, 3.63) is 58.4 Å². The van der Waals surface area contributed by atoms with E-state index in [9.17, 15) is 15.2 Å². The minimum absolute atomic E-state index is 0.0108. The number of hydrogen-bond acceptors (Lipinski definition) is 5. The molecule has 6 nitrogen and oxygen atoms in total. The SMILES string of the molecule is O=[N+]([O-])c1ccc(O)c(N2CCCCC2c2cccnc2)c1. The van der Waals surface area contributed by atoms with Crippen molar-refractivity contribution in [3.63, 3.8) is 0 Å². The van der Waals surface area contributed by atoms with Gasteiger partial charge in [-0.05, 0) is 37.0 Å². The second-order valence-electron chi connectivity index (χ2n) is 5.42. The van der Waals surface area contributed by atoms with Gasteiger partial charge in [-0.3, -0.25) is 15.1 Å². The third-order valence-corrected chi connectivity index (χ3v) is 4.05. The van der Waals surface area contributed by atoms with E-state index in [4.69, 9.17) is 0 Å². The Kier molecular flexibility index (Phi) is 3.91. The van der Waals surface area contributed by atoms with Gasteiger partial charge < -0.3 is 10.0 Å². The summed E-state index contributed by atoms with van der Waals surface area (Å²) in [7, 11) is 0. The molecular formula is C16H17N3O3. The summed E-state index contributed by atoms with van der Waals surface area (Å²) in [5.41, 5.74) is 1.57. The molecule has 22 heavy (non-hydrogen) atoms. The lowest BCUT2D eigenvalue weighted by atomic mass is 9.95. The fraction of sp³-hybridized carbons (Fsp3) is 0.312. The van der Waals surface area contributed by atoms with Gasteiger partial charge >= 0.3 is 0 Å². The van der Waals surface area contributed by atoms with E-state index in [1.807, 2.05) is 23.2 Å². The molecule has 2 heterocycles. The van der Waals surface area contributed by atoms with Crippen LogP contribution in [0.5, 0.6) is 5.75 Å². The number of piperidine rings is 1. The van der Waals surface area contributed by atoms with Crippen molar-refractivity contribution < 1.29 is 10.0 Å². The van der Waals surface area contributed by atoms with Crippen LogP contribution in [0.3, 0.4) is 0 Å². The first-order chi connectivity index (χ1) is 10.7. The van der Waals surface area contributed by atoms with Crippen molar-refractivity contribution in [3.8, 4) is 5.75 Å². The van der Waals surface area contributed by atoms with Gasteiger partial charge in [0.2, 0.25) is 0 Å². The van der Waals surface area contributed by atoms with Crippen LogP contribution in [0.15, 0.2) is 42.7 Å². The van der Waals surface area contributed by atoms with Gasteiger partial charge in [0.25, 0.3) is 5.69 Å². The van der Waals surface area contributed by atoms with Crippen LogP contribution in [0.4, 0.5) is 11.4 Å². The first-order valence-corrected chi connectivity index (χ1v) is 7.31. The van der Waals surface area contributed by atoms with Crippen LogP contribution < -0.4 is 4.90 Å². The Bertz CT molecular complexity index is 676. The number of anilines is 1. The molecule has 0 saturated carbocycles. The van der Waals surface area contributed by atoms with Gasteiger partial charge in [-0.25, -0.2) is 0 Å². The molecule has 1 fully saturated rings. The maximum atomic E-state index is 11.0. The fourth-order valence-corrected chi connectivity index (χ4v) is 2.99. The van der Waals surface area contributed by atoms with Gasteiger partial charge in [-0.2, -0.15) is 0 Å². The Morgan fingerprint density at radius 2 is 2.18 bits per heavy atom. The van der Waals surface area contributed by atoms with Gasteiger partial charge in [0.1, 0.15) is 5.75 Å². The van der Waals surface area contributed by atoms with E-state index in [-0.39, 0.29) is 17.5 Å². The molecule has 2 aromatic rings. The number of rotatable bonds is 3. The maximum absolute atomic E-state index is 11.0. The molecule has 1 N–H and O–H groups in total. The molecule has 0 amide bonds. The van der Waals surface area contributed by atoms with Crippen molar-refractivity contribution >= 4 is 11.4 Å². The van der Waals surface area contributed by atoms with E-state index in [1.54, 1.807) is 6.20 Å². The van der Waals surface area contributed by atoms with Crippen LogP contribution in [0.2, 0.25) is 0 Å². The minimum atomic E-state index is -0.439. The second kappa shape index (κ2) is 6.01. The molecule has 1 atom stereocenters. The Balaban J connectivity index is 2.01. The van der Waals surface area contributed by atoms with E-state index >= 15 is 0 Å². The molecule has 0 spiro atoms. The third kappa shape index (κ3) is 2.72. The van der Waals surface area contributed by atoms with Crippen LogP contribution in [0.1, 0.15) is 30.9 Å². The predicted octanol–water partition coefficient (Wildman–Crippen LogP) is 3.43. The van der Waals surface area contributed by atoms with Crippen LogP contribution in [0.25, 0.3) is 0 Å². The normalized spacial score (nSPS) is 18.2. The highest BCUT2D eigenvalue weighted by Gasteiger charge is 2.27. The molecule has 1 aliphatic heterocycles. The Morgan fingerprint density at radius 3 is 2.91 bits per heavy atom. The maximum Gasteiger partial charge on any atom is 0.271 e. The molecule has 1 aromatic carbocycles. The number of hydrogen-bond donors (Lipinski definition) is 1. The highest BCUT2D eigenvalue weighted by Crippen LogP contribution is 2.40. The zero-order valence-electron chi connectivity index (χ0n) is 12.1.